The largest absolute Gasteiger partial charge is 0.507 e. The summed E-state index contributed by atoms with van der Waals surface area (Å²) < 4.78 is 0. The lowest BCUT2D eigenvalue weighted by Gasteiger charge is -2.12. The van der Waals surface area contributed by atoms with Gasteiger partial charge in [0.2, 0.25) is 0 Å². The highest BCUT2D eigenvalue weighted by atomic mass is 16.3. The van der Waals surface area contributed by atoms with E-state index in [1.165, 1.54) is 6.07 Å². The molecule has 0 aliphatic heterocycles. The van der Waals surface area contributed by atoms with Gasteiger partial charge >= 0.3 is 0 Å². The molecule has 1 aromatic rings. The first kappa shape index (κ1) is 16.8. The number of phenolic OH excluding ortho intramolecular Hbond substituents is 1. The summed E-state index contributed by atoms with van der Waals surface area (Å²) in [5.74, 6) is 0.447. The number of rotatable bonds is 7. The van der Waals surface area contributed by atoms with Crippen molar-refractivity contribution >= 4 is 11.9 Å². The Morgan fingerprint density at radius 3 is 2.52 bits per heavy atom. The quantitative estimate of drug-likeness (QED) is 0.344. The Morgan fingerprint density at radius 1 is 1.14 bits per heavy atom. The van der Waals surface area contributed by atoms with Crippen LogP contribution in [0, 0.1) is 0 Å². The Labute approximate surface area is 125 Å². The average molecular weight is 292 g/mol. The molecule has 21 heavy (non-hydrogen) atoms. The standard InChI is InChI=1S/C15H24N4O2/c1-3-9-18-15(16-4-2)19-11-10-17-14(21)12-7-5-6-8-13(12)20/h5-8,20H,3-4,9-11H2,1-2H3,(H,17,21)(H2,16,18,19). The van der Waals surface area contributed by atoms with Crippen LogP contribution in [0.5, 0.6) is 5.75 Å². The molecule has 6 heteroatoms. The van der Waals surface area contributed by atoms with E-state index in [0.717, 1.165) is 25.5 Å². The molecular weight excluding hydrogens is 268 g/mol. The molecule has 0 aliphatic rings. The van der Waals surface area contributed by atoms with E-state index in [4.69, 9.17) is 0 Å². The van der Waals surface area contributed by atoms with Crippen LogP contribution >= 0.6 is 0 Å². The lowest BCUT2D eigenvalue weighted by molar-refractivity contribution is 0.0951. The first-order valence-electron chi connectivity index (χ1n) is 7.27. The minimum Gasteiger partial charge on any atom is -0.507 e. The molecule has 0 aliphatic carbocycles. The zero-order chi connectivity index (χ0) is 15.5. The summed E-state index contributed by atoms with van der Waals surface area (Å²) in [7, 11) is 0. The molecular formula is C15H24N4O2. The molecule has 6 nitrogen and oxygen atoms in total. The third-order valence-electron chi connectivity index (χ3n) is 2.69. The van der Waals surface area contributed by atoms with Crippen molar-refractivity contribution in [3.63, 3.8) is 0 Å². The molecule has 0 radical (unpaired) electrons. The van der Waals surface area contributed by atoms with Crippen LogP contribution in [0.25, 0.3) is 0 Å². The monoisotopic (exact) mass is 292 g/mol. The minimum absolute atomic E-state index is 0.0131. The number of amides is 1. The number of guanidine groups is 1. The van der Waals surface area contributed by atoms with E-state index >= 15 is 0 Å². The van der Waals surface area contributed by atoms with Gasteiger partial charge < -0.3 is 21.1 Å². The number of aromatic hydroxyl groups is 1. The number of aliphatic imine (C=N–C) groups is 1. The zero-order valence-corrected chi connectivity index (χ0v) is 12.6. The van der Waals surface area contributed by atoms with Crippen molar-refractivity contribution in [3.05, 3.63) is 29.8 Å². The van der Waals surface area contributed by atoms with Crippen LogP contribution in [0.15, 0.2) is 29.3 Å². The maximum Gasteiger partial charge on any atom is 0.255 e. The van der Waals surface area contributed by atoms with Crippen molar-refractivity contribution in [1.82, 2.24) is 16.0 Å². The topological polar surface area (TPSA) is 85.8 Å². The van der Waals surface area contributed by atoms with E-state index < -0.39 is 0 Å². The predicted octanol–water partition coefficient (Wildman–Crippen LogP) is 1.09. The van der Waals surface area contributed by atoms with Crippen molar-refractivity contribution in [2.45, 2.75) is 20.3 Å². The van der Waals surface area contributed by atoms with Crippen molar-refractivity contribution in [1.29, 1.82) is 0 Å². The second-order valence-electron chi connectivity index (χ2n) is 4.46. The Morgan fingerprint density at radius 2 is 1.86 bits per heavy atom. The maximum atomic E-state index is 11.9. The van der Waals surface area contributed by atoms with Crippen LogP contribution in [-0.2, 0) is 0 Å². The van der Waals surface area contributed by atoms with E-state index in [2.05, 4.69) is 27.9 Å². The van der Waals surface area contributed by atoms with Gasteiger partial charge in [0, 0.05) is 26.2 Å². The van der Waals surface area contributed by atoms with Crippen LogP contribution in [-0.4, -0.2) is 43.2 Å². The van der Waals surface area contributed by atoms with Gasteiger partial charge in [-0.3, -0.25) is 9.79 Å². The van der Waals surface area contributed by atoms with Gasteiger partial charge in [0.15, 0.2) is 5.96 Å². The second-order valence-corrected chi connectivity index (χ2v) is 4.46. The summed E-state index contributed by atoms with van der Waals surface area (Å²) in [6.07, 6.45) is 0.987. The highest BCUT2D eigenvalue weighted by Crippen LogP contribution is 2.14. The third kappa shape index (κ3) is 6.16. The molecule has 0 fully saturated rings. The fraction of sp³-hybridized carbons (Fsp3) is 0.467. The summed E-state index contributed by atoms with van der Waals surface area (Å²) in [6.45, 7) is 6.64. The van der Waals surface area contributed by atoms with E-state index in [1.807, 2.05) is 6.92 Å². The predicted molar refractivity (Wildman–Crippen MR) is 84.7 cm³/mol. The van der Waals surface area contributed by atoms with Gasteiger partial charge in [-0.15, -0.1) is 0 Å². The van der Waals surface area contributed by atoms with Crippen molar-refractivity contribution < 1.29 is 9.90 Å². The van der Waals surface area contributed by atoms with E-state index in [1.54, 1.807) is 18.2 Å². The molecule has 4 N–H and O–H groups in total. The number of carbonyl (C=O) groups is 1. The fourth-order valence-corrected chi connectivity index (χ4v) is 1.68. The molecule has 0 atom stereocenters. The number of benzene rings is 1. The molecule has 0 bridgehead atoms. The van der Waals surface area contributed by atoms with Crippen LogP contribution in [0.2, 0.25) is 0 Å². The van der Waals surface area contributed by atoms with Crippen LogP contribution in [0.1, 0.15) is 30.6 Å². The Kier molecular flexibility index (Phi) is 7.71. The zero-order valence-electron chi connectivity index (χ0n) is 12.6. The average Bonchev–Trinajstić information content (AvgIpc) is 2.49. The fourth-order valence-electron chi connectivity index (χ4n) is 1.68. The molecule has 116 valence electrons. The Balaban J connectivity index is 2.36. The minimum atomic E-state index is -0.287. The van der Waals surface area contributed by atoms with Gasteiger partial charge in [0.05, 0.1) is 5.56 Å². The van der Waals surface area contributed by atoms with Crippen LogP contribution < -0.4 is 16.0 Å². The van der Waals surface area contributed by atoms with Gasteiger partial charge in [-0.25, -0.2) is 0 Å². The van der Waals surface area contributed by atoms with Gasteiger partial charge in [0.25, 0.3) is 5.91 Å². The number of para-hydroxylation sites is 1. The smallest absolute Gasteiger partial charge is 0.255 e. The SMILES string of the molecule is CCCN=C(NCC)NCCNC(=O)c1ccccc1O. The normalized spacial score (nSPS) is 11.0. The number of hydrogen-bond donors (Lipinski definition) is 4. The summed E-state index contributed by atoms with van der Waals surface area (Å²) >= 11 is 0. The highest BCUT2D eigenvalue weighted by molar-refractivity contribution is 5.96. The summed E-state index contributed by atoms with van der Waals surface area (Å²) in [5, 5.41) is 18.6. The number of carbonyl (C=O) groups excluding carboxylic acids is 1. The van der Waals surface area contributed by atoms with E-state index in [9.17, 15) is 9.90 Å². The number of nitrogens with zero attached hydrogens (tertiary/aromatic N) is 1. The lowest BCUT2D eigenvalue weighted by atomic mass is 10.2. The van der Waals surface area contributed by atoms with Crippen molar-refractivity contribution in [3.8, 4) is 5.75 Å². The highest BCUT2D eigenvalue weighted by Gasteiger charge is 2.08. The summed E-state index contributed by atoms with van der Waals surface area (Å²) in [6, 6.07) is 6.48. The molecule has 0 spiro atoms. The molecule has 0 heterocycles. The van der Waals surface area contributed by atoms with E-state index in [-0.39, 0.29) is 17.2 Å². The number of nitrogens with one attached hydrogen (secondary N) is 3. The molecule has 1 amide bonds. The molecule has 0 aromatic heterocycles. The molecule has 0 saturated heterocycles. The van der Waals surface area contributed by atoms with Crippen LogP contribution in [0.4, 0.5) is 0 Å². The summed E-state index contributed by atoms with van der Waals surface area (Å²) in [5.41, 5.74) is 0.282. The first-order valence-corrected chi connectivity index (χ1v) is 7.27. The number of phenols is 1. The maximum absolute atomic E-state index is 11.9. The number of hydrogen-bond acceptors (Lipinski definition) is 3. The first-order chi connectivity index (χ1) is 10.2. The van der Waals surface area contributed by atoms with Crippen LogP contribution in [0.3, 0.4) is 0 Å². The Bertz CT molecular complexity index is 474. The lowest BCUT2D eigenvalue weighted by Crippen LogP contribution is -2.41. The van der Waals surface area contributed by atoms with Crippen molar-refractivity contribution in [2.75, 3.05) is 26.2 Å². The molecule has 0 saturated carbocycles. The molecule has 1 rings (SSSR count). The van der Waals surface area contributed by atoms with Gasteiger partial charge in [-0.05, 0) is 25.5 Å². The van der Waals surface area contributed by atoms with Gasteiger partial charge in [-0.1, -0.05) is 19.1 Å². The van der Waals surface area contributed by atoms with Gasteiger partial charge in [-0.2, -0.15) is 0 Å². The van der Waals surface area contributed by atoms with Crippen molar-refractivity contribution in [2.24, 2.45) is 4.99 Å². The molecule has 0 unspecified atom stereocenters. The summed E-state index contributed by atoms with van der Waals surface area (Å²) in [4.78, 5) is 16.2. The second kappa shape index (κ2) is 9.63. The molecule has 1 aromatic carbocycles. The third-order valence-corrected chi connectivity index (χ3v) is 2.69. The van der Waals surface area contributed by atoms with Gasteiger partial charge in [0.1, 0.15) is 5.75 Å². The Hall–Kier alpha value is -2.24. The van der Waals surface area contributed by atoms with E-state index in [0.29, 0.717) is 13.1 Å².